The summed E-state index contributed by atoms with van der Waals surface area (Å²) in [4.78, 5) is 14.3. The second-order valence-electron chi connectivity index (χ2n) is 7.83. The Labute approximate surface area is 162 Å². The smallest absolute Gasteiger partial charge is 0.225 e. The minimum atomic E-state index is -3.50. The van der Waals surface area contributed by atoms with E-state index in [4.69, 9.17) is 0 Å². The van der Waals surface area contributed by atoms with Gasteiger partial charge >= 0.3 is 0 Å². The van der Waals surface area contributed by atoms with Crippen LogP contribution in [-0.4, -0.2) is 34.2 Å². The van der Waals surface area contributed by atoms with Gasteiger partial charge in [-0.3, -0.25) is 4.79 Å². The molecule has 0 radical (unpaired) electrons. The summed E-state index contributed by atoms with van der Waals surface area (Å²) in [6, 6.07) is 14.3. The summed E-state index contributed by atoms with van der Waals surface area (Å²) in [5.41, 5.74) is 2.71. The second-order valence-corrected chi connectivity index (χ2v) is 9.94. The van der Waals surface area contributed by atoms with Gasteiger partial charge in [0.1, 0.15) is 0 Å². The monoisotopic (exact) mass is 388 g/mol. The fraction of sp³-hybridized carbons (Fsp3) is 0.381. The van der Waals surface area contributed by atoms with Crippen LogP contribution in [0.5, 0.6) is 0 Å². The molecular formula is C21H28N2O3S. The lowest BCUT2D eigenvalue weighted by Crippen LogP contribution is -2.18. The lowest BCUT2D eigenvalue weighted by molar-refractivity contribution is -0.115. The van der Waals surface area contributed by atoms with Gasteiger partial charge in [-0.1, -0.05) is 32.9 Å². The number of sulfone groups is 1. The average molecular weight is 389 g/mol. The third-order valence-corrected chi connectivity index (χ3v) is 6.08. The van der Waals surface area contributed by atoms with E-state index in [1.54, 1.807) is 24.3 Å². The van der Waals surface area contributed by atoms with E-state index in [1.165, 1.54) is 0 Å². The van der Waals surface area contributed by atoms with Crippen LogP contribution >= 0.6 is 0 Å². The van der Waals surface area contributed by atoms with Crippen molar-refractivity contribution in [3.63, 3.8) is 0 Å². The topological polar surface area (TPSA) is 66.5 Å². The first kappa shape index (κ1) is 21.0. The molecule has 0 bridgehead atoms. The number of carbonyl (C=O) groups is 1. The van der Waals surface area contributed by atoms with Crippen LogP contribution in [0.4, 0.5) is 11.4 Å². The SMILES string of the molecule is CN(C)c1ccc(NC(=O)CCS(=O)(=O)c2ccc(C(C)(C)C)cc2)cc1. The van der Waals surface area contributed by atoms with E-state index in [2.05, 4.69) is 26.1 Å². The number of benzene rings is 2. The first-order valence-electron chi connectivity index (χ1n) is 8.89. The Balaban J connectivity index is 1.97. The molecule has 2 rings (SSSR count). The van der Waals surface area contributed by atoms with Crippen molar-refractivity contribution >= 4 is 27.1 Å². The Morgan fingerprint density at radius 2 is 1.52 bits per heavy atom. The van der Waals surface area contributed by atoms with Crippen molar-refractivity contribution in [1.29, 1.82) is 0 Å². The second kappa shape index (κ2) is 8.13. The van der Waals surface area contributed by atoms with Crippen LogP contribution in [0, 0.1) is 0 Å². The first-order chi connectivity index (χ1) is 12.5. The predicted molar refractivity (Wildman–Crippen MR) is 111 cm³/mol. The minimum Gasteiger partial charge on any atom is -0.378 e. The molecule has 0 aromatic heterocycles. The quantitative estimate of drug-likeness (QED) is 0.816. The molecular weight excluding hydrogens is 360 g/mol. The minimum absolute atomic E-state index is 0.0374. The lowest BCUT2D eigenvalue weighted by Gasteiger charge is -2.19. The lowest BCUT2D eigenvalue weighted by atomic mass is 9.87. The van der Waals surface area contributed by atoms with Gasteiger partial charge in [-0.25, -0.2) is 8.42 Å². The van der Waals surface area contributed by atoms with E-state index < -0.39 is 9.84 Å². The van der Waals surface area contributed by atoms with E-state index in [-0.39, 0.29) is 28.4 Å². The van der Waals surface area contributed by atoms with Gasteiger partial charge in [-0.15, -0.1) is 0 Å². The summed E-state index contributed by atoms with van der Waals surface area (Å²) >= 11 is 0. The first-order valence-corrected chi connectivity index (χ1v) is 10.5. The largest absolute Gasteiger partial charge is 0.378 e. The molecule has 0 aliphatic rings. The van der Waals surface area contributed by atoms with Crippen molar-refractivity contribution in [2.75, 3.05) is 30.1 Å². The van der Waals surface area contributed by atoms with Crippen LogP contribution in [0.1, 0.15) is 32.8 Å². The van der Waals surface area contributed by atoms with Gasteiger partial charge in [-0.05, 0) is 47.4 Å². The zero-order valence-electron chi connectivity index (χ0n) is 16.6. The van der Waals surface area contributed by atoms with E-state index in [0.717, 1.165) is 11.3 Å². The van der Waals surface area contributed by atoms with Crippen LogP contribution in [0.25, 0.3) is 0 Å². The van der Waals surface area contributed by atoms with Crippen LogP contribution in [0.3, 0.4) is 0 Å². The Morgan fingerprint density at radius 1 is 0.963 bits per heavy atom. The molecule has 0 spiro atoms. The Morgan fingerprint density at radius 3 is 2.00 bits per heavy atom. The van der Waals surface area contributed by atoms with E-state index in [1.807, 2.05) is 43.3 Å². The number of hydrogen-bond donors (Lipinski definition) is 1. The molecule has 0 saturated heterocycles. The molecule has 0 aliphatic heterocycles. The van der Waals surface area contributed by atoms with Crippen molar-refractivity contribution in [3.8, 4) is 0 Å². The third kappa shape index (κ3) is 5.82. The fourth-order valence-corrected chi connectivity index (χ4v) is 3.81. The van der Waals surface area contributed by atoms with Crippen LogP contribution < -0.4 is 10.2 Å². The highest BCUT2D eigenvalue weighted by molar-refractivity contribution is 7.91. The van der Waals surface area contributed by atoms with Crippen molar-refractivity contribution in [3.05, 3.63) is 54.1 Å². The number of carbonyl (C=O) groups excluding carboxylic acids is 1. The summed E-state index contributed by atoms with van der Waals surface area (Å²) in [5.74, 6) is -0.536. The highest BCUT2D eigenvalue weighted by Gasteiger charge is 2.19. The molecule has 2 aromatic rings. The summed E-state index contributed by atoms with van der Waals surface area (Å²) in [7, 11) is 0.379. The summed E-state index contributed by atoms with van der Waals surface area (Å²) in [6.07, 6.45) is -0.0845. The van der Waals surface area contributed by atoms with Crippen LogP contribution in [0.15, 0.2) is 53.4 Å². The number of hydrogen-bond acceptors (Lipinski definition) is 4. The Bertz CT molecular complexity index is 879. The van der Waals surface area contributed by atoms with Gasteiger partial charge in [-0.2, -0.15) is 0 Å². The molecule has 0 unspecified atom stereocenters. The Kier molecular flexibility index (Phi) is 6.31. The molecule has 1 amide bonds. The summed E-state index contributed by atoms with van der Waals surface area (Å²) in [6.45, 7) is 6.23. The maximum atomic E-state index is 12.5. The molecule has 0 aliphatic carbocycles. The molecule has 6 heteroatoms. The number of nitrogens with zero attached hydrogens (tertiary/aromatic N) is 1. The third-order valence-electron chi connectivity index (χ3n) is 4.34. The molecule has 146 valence electrons. The molecule has 1 N–H and O–H groups in total. The molecule has 0 saturated carbocycles. The predicted octanol–water partition coefficient (Wildman–Crippen LogP) is 3.85. The van der Waals surface area contributed by atoms with Crippen molar-refractivity contribution in [2.24, 2.45) is 0 Å². The maximum absolute atomic E-state index is 12.5. The zero-order valence-corrected chi connectivity index (χ0v) is 17.4. The number of amides is 1. The van der Waals surface area contributed by atoms with Gasteiger partial charge in [0, 0.05) is 31.9 Å². The van der Waals surface area contributed by atoms with E-state index in [0.29, 0.717) is 5.69 Å². The van der Waals surface area contributed by atoms with E-state index >= 15 is 0 Å². The van der Waals surface area contributed by atoms with E-state index in [9.17, 15) is 13.2 Å². The van der Waals surface area contributed by atoms with Gasteiger partial charge in [0.15, 0.2) is 9.84 Å². The molecule has 2 aromatic carbocycles. The average Bonchev–Trinajstić information content (AvgIpc) is 2.60. The molecule has 5 nitrogen and oxygen atoms in total. The maximum Gasteiger partial charge on any atom is 0.225 e. The van der Waals surface area contributed by atoms with Gasteiger partial charge in [0.05, 0.1) is 10.6 Å². The number of nitrogens with one attached hydrogen (secondary N) is 1. The molecule has 0 fully saturated rings. The highest BCUT2D eigenvalue weighted by Crippen LogP contribution is 2.24. The normalized spacial score (nSPS) is 11.9. The van der Waals surface area contributed by atoms with Crippen molar-refractivity contribution in [1.82, 2.24) is 0 Å². The summed E-state index contributed by atoms with van der Waals surface area (Å²) < 4.78 is 25.0. The van der Waals surface area contributed by atoms with Gasteiger partial charge < -0.3 is 10.2 Å². The van der Waals surface area contributed by atoms with Crippen molar-refractivity contribution in [2.45, 2.75) is 37.5 Å². The van der Waals surface area contributed by atoms with Crippen LogP contribution in [0.2, 0.25) is 0 Å². The van der Waals surface area contributed by atoms with Crippen molar-refractivity contribution < 1.29 is 13.2 Å². The van der Waals surface area contributed by atoms with Gasteiger partial charge in [0.2, 0.25) is 5.91 Å². The number of anilines is 2. The molecule has 0 atom stereocenters. The molecule has 0 heterocycles. The van der Waals surface area contributed by atoms with Gasteiger partial charge in [0.25, 0.3) is 0 Å². The zero-order chi connectivity index (χ0) is 20.2. The standard InChI is InChI=1S/C21H28N2O3S/c1-21(2,3)16-6-12-19(13-7-16)27(25,26)15-14-20(24)22-17-8-10-18(11-9-17)23(4)5/h6-13H,14-15H2,1-5H3,(H,22,24). The highest BCUT2D eigenvalue weighted by atomic mass is 32.2. The van der Waals surface area contributed by atoms with Crippen LogP contribution in [-0.2, 0) is 20.0 Å². The summed E-state index contributed by atoms with van der Waals surface area (Å²) in [5, 5.41) is 2.74. The molecule has 27 heavy (non-hydrogen) atoms. The number of rotatable bonds is 6. The Hall–Kier alpha value is -2.34. The fourth-order valence-electron chi connectivity index (χ4n) is 2.57.